The van der Waals surface area contributed by atoms with E-state index in [-0.39, 0.29) is 5.75 Å². The van der Waals surface area contributed by atoms with E-state index in [1.165, 1.54) is 0 Å². The van der Waals surface area contributed by atoms with Gasteiger partial charge in [0.25, 0.3) is 0 Å². The van der Waals surface area contributed by atoms with Crippen LogP contribution in [-0.4, -0.2) is 42.6 Å². The quantitative estimate of drug-likeness (QED) is 0.747. The van der Waals surface area contributed by atoms with Crippen molar-refractivity contribution in [1.82, 2.24) is 4.98 Å². The molecule has 0 spiro atoms. The van der Waals surface area contributed by atoms with Crippen molar-refractivity contribution < 1.29 is 9.90 Å². The van der Waals surface area contributed by atoms with Gasteiger partial charge in [0.2, 0.25) is 0 Å². The number of anilines is 2. The number of rotatable bonds is 3. The van der Waals surface area contributed by atoms with E-state index in [0.29, 0.717) is 11.8 Å². The molecule has 0 bridgehead atoms. The third-order valence-electron chi connectivity index (χ3n) is 4.80. The van der Waals surface area contributed by atoms with Gasteiger partial charge in [-0.3, -0.25) is 9.78 Å². The van der Waals surface area contributed by atoms with Gasteiger partial charge in [0, 0.05) is 38.1 Å². The van der Waals surface area contributed by atoms with Crippen LogP contribution in [0.2, 0.25) is 0 Å². The Balaban J connectivity index is 1.55. The number of benzene rings is 2. The smallest absolute Gasteiger partial charge is 0.154 e. The van der Waals surface area contributed by atoms with Crippen LogP contribution in [0, 0.1) is 0 Å². The third-order valence-corrected chi connectivity index (χ3v) is 4.80. The number of phenols is 1. The lowest BCUT2D eigenvalue weighted by Gasteiger charge is -2.37. The molecule has 0 atom stereocenters. The summed E-state index contributed by atoms with van der Waals surface area (Å²) in [6, 6.07) is 13.5. The Morgan fingerprint density at radius 3 is 2.40 bits per heavy atom. The summed E-state index contributed by atoms with van der Waals surface area (Å²) < 4.78 is 0. The number of aldehydes is 1. The predicted octanol–water partition coefficient (Wildman–Crippen LogP) is 3.08. The first-order valence-corrected chi connectivity index (χ1v) is 8.37. The molecule has 5 nitrogen and oxygen atoms in total. The largest absolute Gasteiger partial charge is 0.507 e. The van der Waals surface area contributed by atoms with Crippen molar-refractivity contribution in [3.05, 3.63) is 60.4 Å². The molecule has 1 aromatic heterocycles. The number of phenolic OH excluding ortho intramolecular Hbond substituents is 1. The van der Waals surface area contributed by atoms with Crippen LogP contribution in [0.4, 0.5) is 11.4 Å². The molecule has 2 heterocycles. The number of nitrogens with zero attached hydrogens (tertiary/aromatic N) is 3. The highest BCUT2D eigenvalue weighted by Crippen LogP contribution is 2.29. The number of aromatic hydroxyl groups is 1. The van der Waals surface area contributed by atoms with E-state index < -0.39 is 0 Å². The zero-order valence-corrected chi connectivity index (χ0v) is 13.8. The molecular weight excluding hydrogens is 314 g/mol. The molecule has 2 aromatic carbocycles. The highest BCUT2D eigenvalue weighted by atomic mass is 16.3. The number of aromatic nitrogens is 1. The van der Waals surface area contributed by atoms with Crippen molar-refractivity contribution in [3.63, 3.8) is 0 Å². The van der Waals surface area contributed by atoms with Crippen molar-refractivity contribution in [2.75, 3.05) is 36.0 Å². The van der Waals surface area contributed by atoms with Gasteiger partial charge in [0.05, 0.1) is 17.4 Å². The summed E-state index contributed by atoms with van der Waals surface area (Å²) in [5.74, 6) is 0.0281. The second-order valence-electron chi connectivity index (χ2n) is 6.21. The normalized spacial score (nSPS) is 14.7. The molecule has 126 valence electrons. The lowest BCUT2D eigenvalue weighted by Crippen LogP contribution is -2.46. The van der Waals surface area contributed by atoms with E-state index >= 15 is 0 Å². The zero-order valence-electron chi connectivity index (χ0n) is 13.8. The second-order valence-corrected chi connectivity index (χ2v) is 6.21. The molecular formula is C20H19N3O2. The molecule has 1 N–H and O–H groups in total. The summed E-state index contributed by atoms with van der Waals surface area (Å²) in [4.78, 5) is 20.1. The van der Waals surface area contributed by atoms with Crippen LogP contribution in [0.15, 0.2) is 54.9 Å². The third kappa shape index (κ3) is 2.89. The van der Waals surface area contributed by atoms with Crippen molar-refractivity contribution in [1.29, 1.82) is 0 Å². The van der Waals surface area contributed by atoms with E-state index in [1.807, 2.05) is 30.5 Å². The van der Waals surface area contributed by atoms with Gasteiger partial charge in [-0.05, 0) is 41.1 Å². The highest BCUT2D eigenvalue weighted by molar-refractivity contribution is 6.01. The lowest BCUT2D eigenvalue weighted by molar-refractivity contribution is 0.112. The van der Waals surface area contributed by atoms with Gasteiger partial charge in [-0.1, -0.05) is 12.1 Å². The fourth-order valence-corrected chi connectivity index (χ4v) is 3.41. The summed E-state index contributed by atoms with van der Waals surface area (Å²) >= 11 is 0. The van der Waals surface area contributed by atoms with Crippen LogP contribution in [-0.2, 0) is 0 Å². The minimum Gasteiger partial charge on any atom is -0.507 e. The van der Waals surface area contributed by atoms with Gasteiger partial charge in [0.15, 0.2) is 6.29 Å². The number of fused-ring (bicyclic) bond motifs is 1. The monoisotopic (exact) mass is 333 g/mol. The Labute approximate surface area is 146 Å². The first kappa shape index (κ1) is 15.4. The van der Waals surface area contributed by atoms with Gasteiger partial charge in [-0.25, -0.2) is 0 Å². The van der Waals surface area contributed by atoms with Gasteiger partial charge in [0.1, 0.15) is 5.75 Å². The fourth-order valence-electron chi connectivity index (χ4n) is 3.41. The Hall–Kier alpha value is -3.08. The van der Waals surface area contributed by atoms with E-state index in [9.17, 15) is 9.90 Å². The van der Waals surface area contributed by atoms with Crippen molar-refractivity contribution in [3.8, 4) is 5.75 Å². The summed E-state index contributed by atoms with van der Waals surface area (Å²) in [5.41, 5.74) is 2.65. The molecule has 3 aromatic rings. The topological polar surface area (TPSA) is 56.7 Å². The standard InChI is InChI=1S/C20H19N3O2/c24-14-19-18-5-4-16(12-15(18)3-6-20(19)25)22-8-10-23(11-9-22)17-2-1-7-21-13-17/h1-7,12-14,25H,8-11H2. The van der Waals surface area contributed by atoms with Crippen LogP contribution >= 0.6 is 0 Å². The number of carbonyl (C=O) groups is 1. The fraction of sp³-hybridized carbons (Fsp3) is 0.200. The SMILES string of the molecule is O=Cc1c(O)ccc2cc(N3CCN(c4cccnc4)CC3)ccc12. The molecule has 1 fully saturated rings. The van der Waals surface area contributed by atoms with E-state index in [0.717, 1.165) is 48.3 Å². The molecule has 0 radical (unpaired) electrons. The van der Waals surface area contributed by atoms with Crippen molar-refractivity contribution in [2.45, 2.75) is 0 Å². The molecule has 25 heavy (non-hydrogen) atoms. The Kier molecular flexibility index (Phi) is 3.98. The molecule has 1 aliphatic heterocycles. The van der Waals surface area contributed by atoms with Gasteiger partial charge < -0.3 is 14.9 Å². The highest BCUT2D eigenvalue weighted by Gasteiger charge is 2.18. The molecule has 0 aliphatic carbocycles. The molecule has 5 heteroatoms. The summed E-state index contributed by atoms with van der Waals surface area (Å²) in [5, 5.41) is 11.6. The van der Waals surface area contributed by atoms with Crippen LogP contribution in [0.1, 0.15) is 10.4 Å². The minimum atomic E-state index is 0.0281. The maximum absolute atomic E-state index is 11.2. The number of piperazine rings is 1. The van der Waals surface area contributed by atoms with Crippen molar-refractivity contribution >= 4 is 28.4 Å². The van der Waals surface area contributed by atoms with E-state index in [4.69, 9.17) is 0 Å². The Bertz CT molecular complexity index is 903. The first-order chi connectivity index (χ1) is 12.3. The summed E-state index contributed by atoms with van der Waals surface area (Å²) in [6.07, 6.45) is 4.41. The summed E-state index contributed by atoms with van der Waals surface area (Å²) in [7, 11) is 0. The average molecular weight is 333 g/mol. The number of hydrogen-bond acceptors (Lipinski definition) is 5. The van der Waals surface area contributed by atoms with Gasteiger partial charge >= 0.3 is 0 Å². The van der Waals surface area contributed by atoms with Crippen LogP contribution in [0.3, 0.4) is 0 Å². The Morgan fingerprint density at radius 2 is 1.72 bits per heavy atom. The lowest BCUT2D eigenvalue weighted by atomic mass is 10.0. The van der Waals surface area contributed by atoms with E-state index in [1.54, 1.807) is 12.3 Å². The second kappa shape index (κ2) is 6.43. The van der Waals surface area contributed by atoms with Crippen molar-refractivity contribution in [2.24, 2.45) is 0 Å². The number of hydrogen-bond donors (Lipinski definition) is 1. The van der Waals surface area contributed by atoms with Crippen LogP contribution in [0.25, 0.3) is 10.8 Å². The van der Waals surface area contributed by atoms with Gasteiger partial charge in [-0.15, -0.1) is 0 Å². The van der Waals surface area contributed by atoms with Crippen LogP contribution < -0.4 is 9.80 Å². The molecule has 0 amide bonds. The molecule has 1 saturated heterocycles. The average Bonchev–Trinajstić information content (AvgIpc) is 2.68. The number of carbonyl (C=O) groups excluding carboxylic acids is 1. The van der Waals surface area contributed by atoms with Gasteiger partial charge in [-0.2, -0.15) is 0 Å². The summed E-state index contributed by atoms with van der Waals surface area (Å²) in [6.45, 7) is 3.75. The van der Waals surface area contributed by atoms with E-state index in [2.05, 4.69) is 26.9 Å². The maximum atomic E-state index is 11.2. The first-order valence-electron chi connectivity index (χ1n) is 8.37. The zero-order chi connectivity index (χ0) is 17.2. The Morgan fingerprint density at radius 1 is 0.960 bits per heavy atom. The van der Waals surface area contributed by atoms with Crippen LogP contribution in [0.5, 0.6) is 5.75 Å². The molecule has 1 aliphatic rings. The predicted molar refractivity (Wildman–Crippen MR) is 99.7 cm³/mol. The number of pyridine rings is 1. The molecule has 4 rings (SSSR count). The maximum Gasteiger partial charge on any atom is 0.154 e. The molecule has 0 saturated carbocycles. The molecule has 0 unspecified atom stereocenters. The minimum absolute atomic E-state index is 0.0281.